The van der Waals surface area contributed by atoms with E-state index >= 15 is 0 Å². The maximum absolute atomic E-state index is 3.77. The quantitative estimate of drug-likeness (QED) is 0.0972. The second-order valence-electron chi connectivity index (χ2n) is 16.0. The van der Waals surface area contributed by atoms with Gasteiger partial charge in [0.15, 0.2) is 0 Å². The summed E-state index contributed by atoms with van der Waals surface area (Å²) in [6.07, 6.45) is 12.5. The molecule has 286 valence electrons. The minimum absolute atomic E-state index is 0.741. The van der Waals surface area contributed by atoms with Crippen LogP contribution >= 0.6 is 31.9 Å². The van der Waals surface area contributed by atoms with Crippen LogP contribution in [0.4, 0.5) is 0 Å². The van der Waals surface area contributed by atoms with Gasteiger partial charge in [0, 0.05) is 41.9 Å². The van der Waals surface area contributed by atoms with Crippen molar-refractivity contribution in [3.8, 4) is 22.5 Å². The maximum Gasteiger partial charge on any atom is 0.0541 e. The van der Waals surface area contributed by atoms with E-state index in [0.29, 0.717) is 0 Å². The maximum atomic E-state index is 3.77. The van der Waals surface area contributed by atoms with Crippen LogP contribution in [0.15, 0.2) is 130 Å². The summed E-state index contributed by atoms with van der Waals surface area (Å²) >= 11 is 7.54. The van der Waals surface area contributed by atoms with Gasteiger partial charge in [-0.05, 0) is 132 Å². The Morgan fingerprint density at radius 3 is 1.14 bits per heavy atom. The van der Waals surface area contributed by atoms with Crippen molar-refractivity contribution < 1.29 is 0 Å². The molecular weight excluding hydrogens is 812 g/mol. The monoisotopic (exact) mass is 864 g/mol. The fourth-order valence-electron chi connectivity index (χ4n) is 9.05. The van der Waals surface area contributed by atoms with Crippen molar-refractivity contribution in [3.05, 3.63) is 141 Å². The first kappa shape index (κ1) is 38.7. The van der Waals surface area contributed by atoms with Crippen molar-refractivity contribution >= 4 is 75.5 Å². The molecule has 0 aliphatic rings. The Bertz CT molecular complexity index is 2420. The Kier molecular flexibility index (Phi) is 11.9. The molecule has 0 radical (unpaired) electrons. The topological polar surface area (TPSA) is 9.86 Å². The SMILES string of the molecule is CCCCC(CC)Cc1ccc2c(c1)c1cc(Br)ccc1n2-c1ccc(-c2ccc(-n3c4ccc(Br)cc4c4cc(CC(CC)CCCC)ccc43)cc2)cc1. The van der Waals surface area contributed by atoms with Gasteiger partial charge >= 0.3 is 0 Å². The molecule has 2 unspecified atom stereocenters. The molecule has 0 bridgehead atoms. The predicted molar refractivity (Wildman–Crippen MR) is 250 cm³/mol. The van der Waals surface area contributed by atoms with Gasteiger partial charge in [-0.2, -0.15) is 0 Å². The van der Waals surface area contributed by atoms with E-state index in [0.717, 1.165) is 33.6 Å². The highest BCUT2D eigenvalue weighted by Crippen LogP contribution is 2.38. The number of nitrogens with zero attached hydrogens (tertiary/aromatic N) is 2. The normalized spacial score (nSPS) is 13.0. The third-order valence-corrected chi connectivity index (χ3v) is 13.3. The zero-order valence-electron chi connectivity index (χ0n) is 33.4. The first-order valence-electron chi connectivity index (χ1n) is 21.0. The lowest BCUT2D eigenvalue weighted by Crippen LogP contribution is -2.03. The molecule has 2 aromatic heterocycles. The predicted octanol–water partition coefficient (Wildman–Crippen LogP) is 16.6. The Balaban J connectivity index is 1.10. The lowest BCUT2D eigenvalue weighted by molar-refractivity contribution is 0.449. The second-order valence-corrected chi connectivity index (χ2v) is 17.9. The van der Waals surface area contributed by atoms with Gasteiger partial charge in [0.25, 0.3) is 0 Å². The minimum atomic E-state index is 0.741. The van der Waals surface area contributed by atoms with Gasteiger partial charge in [0.2, 0.25) is 0 Å². The second kappa shape index (κ2) is 17.2. The molecule has 6 aromatic carbocycles. The molecule has 0 N–H and O–H groups in total. The minimum Gasteiger partial charge on any atom is -0.309 e. The van der Waals surface area contributed by atoms with Crippen molar-refractivity contribution in [1.82, 2.24) is 9.13 Å². The number of unbranched alkanes of at least 4 members (excludes halogenated alkanes) is 2. The Morgan fingerprint density at radius 1 is 0.429 bits per heavy atom. The Labute approximate surface area is 350 Å². The van der Waals surface area contributed by atoms with Crippen LogP contribution in [-0.4, -0.2) is 9.13 Å². The molecule has 0 saturated heterocycles. The smallest absolute Gasteiger partial charge is 0.0541 e. The Morgan fingerprint density at radius 2 is 0.786 bits per heavy atom. The van der Waals surface area contributed by atoms with Crippen LogP contribution in [0.2, 0.25) is 0 Å². The van der Waals surface area contributed by atoms with E-state index in [9.17, 15) is 0 Å². The number of fused-ring (bicyclic) bond motifs is 6. The molecule has 0 spiro atoms. The van der Waals surface area contributed by atoms with Gasteiger partial charge in [-0.15, -0.1) is 0 Å². The molecule has 0 aliphatic carbocycles. The fourth-order valence-corrected chi connectivity index (χ4v) is 9.78. The van der Waals surface area contributed by atoms with Crippen LogP contribution in [-0.2, 0) is 12.8 Å². The number of aromatic nitrogens is 2. The standard InChI is InChI=1S/C52H54Br2N2/c1-5-9-11-35(7-3)29-37-13-25-49-45(31-37)47-33-41(53)19-27-51(47)55(49)43-21-15-39(16-22-43)40-17-23-44(24-18-40)56-50-26-14-38(30-36(8-4)12-10-6-2)32-46(50)48-34-42(54)20-28-52(48)56/h13-28,31-36H,5-12,29-30H2,1-4H3. The van der Waals surface area contributed by atoms with Crippen molar-refractivity contribution in [2.75, 3.05) is 0 Å². The molecule has 0 aliphatic heterocycles. The van der Waals surface area contributed by atoms with Gasteiger partial charge in [0.1, 0.15) is 0 Å². The summed E-state index contributed by atoms with van der Waals surface area (Å²) in [5, 5.41) is 5.25. The lowest BCUT2D eigenvalue weighted by Gasteiger charge is -2.15. The van der Waals surface area contributed by atoms with E-state index in [1.165, 1.54) is 129 Å². The van der Waals surface area contributed by atoms with Crippen LogP contribution in [0.25, 0.3) is 66.1 Å². The number of halogens is 2. The molecule has 0 saturated carbocycles. The average molecular weight is 867 g/mol. The molecule has 8 aromatic rings. The summed E-state index contributed by atoms with van der Waals surface area (Å²) in [5.41, 5.74) is 12.7. The summed E-state index contributed by atoms with van der Waals surface area (Å²) < 4.78 is 7.09. The number of benzene rings is 6. The summed E-state index contributed by atoms with van der Waals surface area (Å²) in [7, 11) is 0. The van der Waals surface area contributed by atoms with Crippen LogP contribution in [0, 0.1) is 11.8 Å². The van der Waals surface area contributed by atoms with E-state index in [2.05, 4.69) is 190 Å². The van der Waals surface area contributed by atoms with E-state index in [4.69, 9.17) is 0 Å². The largest absolute Gasteiger partial charge is 0.309 e. The average Bonchev–Trinajstić information content (AvgIpc) is 3.72. The van der Waals surface area contributed by atoms with E-state index in [1.54, 1.807) is 0 Å². The fraction of sp³-hybridized carbons (Fsp3) is 0.308. The summed E-state index contributed by atoms with van der Waals surface area (Å²) in [6.45, 7) is 9.28. The number of hydrogen-bond acceptors (Lipinski definition) is 0. The highest BCUT2D eigenvalue weighted by Gasteiger charge is 2.17. The van der Waals surface area contributed by atoms with Gasteiger partial charge in [-0.3, -0.25) is 0 Å². The van der Waals surface area contributed by atoms with E-state index in [1.807, 2.05) is 0 Å². The molecule has 4 heteroatoms. The third kappa shape index (κ3) is 7.77. The Hall–Kier alpha value is -4.12. The van der Waals surface area contributed by atoms with Crippen molar-refractivity contribution in [3.63, 3.8) is 0 Å². The first-order valence-corrected chi connectivity index (χ1v) is 22.6. The third-order valence-electron chi connectivity index (χ3n) is 12.3. The van der Waals surface area contributed by atoms with Crippen molar-refractivity contribution in [1.29, 1.82) is 0 Å². The van der Waals surface area contributed by atoms with Crippen LogP contribution in [0.5, 0.6) is 0 Å². The molecule has 2 nitrogen and oxygen atoms in total. The van der Waals surface area contributed by atoms with E-state index in [-0.39, 0.29) is 0 Å². The molecule has 56 heavy (non-hydrogen) atoms. The highest BCUT2D eigenvalue weighted by atomic mass is 79.9. The summed E-state index contributed by atoms with van der Waals surface area (Å²) in [5.74, 6) is 1.48. The number of hydrogen-bond donors (Lipinski definition) is 0. The molecule has 8 rings (SSSR count). The first-order chi connectivity index (χ1) is 27.4. The lowest BCUT2D eigenvalue weighted by atomic mass is 9.91. The van der Waals surface area contributed by atoms with E-state index < -0.39 is 0 Å². The van der Waals surface area contributed by atoms with Crippen molar-refractivity contribution in [2.24, 2.45) is 11.8 Å². The molecular formula is C52H54Br2N2. The van der Waals surface area contributed by atoms with Gasteiger partial charge in [0.05, 0.1) is 22.1 Å². The van der Waals surface area contributed by atoms with Gasteiger partial charge < -0.3 is 9.13 Å². The molecule has 0 fully saturated rings. The zero-order valence-corrected chi connectivity index (χ0v) is 36.6. The molecule has 2 heterocycles. The molecule has 2 atom stereocenters. The summed E-state index contributed by atoms with van der Waals surface area (Å²) in [6, 6.07) is 46.0. The summed E-state index contributed by atoms with van der Waals surface area (Å²) in [4.78, 5) is 0. The van der Waals surface area contributed by atoms with Gasteiger partial charge in [-0.1, -0.05) is 147 Å². The van der Waals surface area contributed by atoms with Crippen molar-refractivity contribution in [2.45, 2.75) is 91.9 Å². The zero-order chi connectivity index (χ0) is 38.8. The van der Waals surface area contributed by atoms with Gasteiger partial charge in [-0.25, -0.2) is 0 Å². The van der Waals surface area contributed by atoms with Crippen LogP contribution < -0.4 is 0 Å². The highest BCUT2D eigenvalue weighted by molar-refractivity contribution is 9.10. The van der Waals surface area contributed by atoms with Crippen LogP contribution in [0.3, 0.4) is 0 Å². The van der Waals surface area contributed by atoms with Crippen LogP contribution in [0.1, 0.15) is 90.2 Å². The number of rotatable bonds is 15. The molecule has 0 amide bonds.